The van der Waals surface area contributed by atoms with Gasteiger partial charge in [-0.25, -0.2) is 9.13 Å². The highest BCUT2D eigenvalue weighted by Gasteiger charge is 2.50. The van der Waals surface area contributed by atoms with E-state index >= 15 is 0 Å². The quantitative estimate of drug-likeness (QED) is 0.342. The Hall–Kier alpha value is -1.14. The van der Waals surface area contributed by atoms with Gasteiger partial charge in [0, 0.05) is 0 Å². The molecule has 7 nitrogen and oxygen atoms in total. The molecule has 1 aromatic heterocycles. The summed E-state index contributed by atoms with van der Waals surface area (Å²) in [6, 6.07) is 0. The summed E-state index contributed by atoms with van der Waals surface area (Å²) >= 11 is 0. The maximum Gasteiger partial charge on any atom is 0.524 e. The first-order valence-corrected chi connectivity index (χ1v) is 10.3. The summed E-state index contributed by atoms with van der Waals surface area (Å²) < 4.78 is 87.3. The van der Waals surface area contributed by atoms with Crippen LogP contribution < -0.4 is 4.57 Å². The highest BCUT2D eigenvalue weighted by Crippen LogP contribution is 2.26. The molecule has 0 aliphatic carbocycles. The second-order valence-electron chi connectivity index (χ2n) is 5.18. The third kappa shape index (κ3) is 6.77. The number of hydrogen-bond donors (Lipinski definition) is 0. The predicted molar refractivity (Wildman–Crippen MR) is 78.6 cm³/mol. The molecule has 0 aromatic carbocycles. The lowest BCUT2D eigenvalue weighted by Crippen LogP contribution is -2.32. The van der Waals surface area contributed by atoms with Crippen LogP contribution in [0.4, 0.5) is 13.2 Å². The Morgan fingerprint density at radius 1 is 1.12 bits per heavy atom. The number of hydrogen-bond acceptors (Lipinski definition) is 5. The maximum atomic E-state index is 12.1. The van der Waals surface area contributed by atoms with E-state index in [2.05, 4.69) is 10.6 Å². The van der Waals surface area contributed by atoms with Gasteiger partial charge in [-0.2, -0.15) is 30.0 Å². The fraction of sp³-hybridized carbons (Fsp3) is 0.750. The number of aryl methyl sites for hydroxylation is 2. The van der Waals surface area contributed by atoms with Crippen molar-refractivity contribution in [1.29, 1.82) is 0 Å². The Morgan fingerprint density at radius 3 is 2.38 bits per heavy atom. The van der Waals surface area contributed by atoms with Crippen molar-refractivity contribution in [3.8, 4) is 0 Å². The van der Waals surface area contributed by atoms with Crippen LogP contribution in [-0.2, 0) is 37.0 Å². The van der Waals surface area contributed by atoms with Crippen molar-refractivity contribution in [1.82, 2.24) is 4.57 Å². The highest BCUT2D eigenvalue weighted by molar-refractivity contribution is 8.00. The van der Waals surface area contributed by atoms with Gasteiger partial charge in [0.15, 0.2) is 0 Å². The average molecular weight is 393 g/mol. The largest absolute Gasteiger partial charge is 0.524 e. The molecule has 0 aliphatic rings. The zero-order valence-corrected chi connectivity index (χ0v) is 14.7. The molecule has 0 amide bonds. The topological polar surface area (TPSA) is 86.3 Å². The second kappa shape index (κ2) is 8.30. The van der Waals surface area contributed by atoms with Crippen molar-refractivity contribution < 1.29 is 38.2 Å². The lowest BCUT2D eigenvalue weighted by Gasteiger charge is -2.08. The molecule has 0 unspecified atom stereocenters. The molecule has 0 aliphatic heterocycles. The van der Waals surface area contributed by atoms with E-state index < -0.39 is 31.5 Å². The molecule has 0 N–H and O–H groups in total. The molecule has 0 bridgehead atoms. The smallest absolute Gasteiger partial charge is 0.237 e. The molecule has 12 heteroatoms. The van der Waals surface area contributed by atoms with Crippen LogP contribution in [0.3, 0.4) is 0 Å². The zero-order valence-electron chi connectivity index (χ0n) is 13.1. The third-order valence-electron chi connectivity index (χ3n) is 3.05. The molecule has 140 valence electrons. The molecule has 0 spiro atoms. The Balaban J connectivity index is 2.42. The van der Waals surface area contributed by atoms with E-state index in [4.69, 9.17) is 0 Å². The van der Waals surface area contributed by atoms with Gasteiger partial charge in [0.05, 0.1) is 18.8 Å². The normalized spacial score (nSPS) is 13.3. The summed E-state index contributed by atoms with van der Waals surface area (Å²) in [5, 5.41) is 0. The van der Waals surface area contributed by atoms with Gasteiger partial charge in [0.1, 0.15) is 12.4 Å². The van der Waals surface area contributed by atoms with Crippen LogP contribution in [0.1, 0.15) is 32.6 Å². The average Bonchev–Trinajstić information content (AvgIpc) is 2.87. The number of unbranched alkanes of at least 4 members (excludes halogenated alkanes) is 2. The molecule has 0 atom stereocenters. The van der Waals surface area contributed by atoms with Crippen molar-refractivity contribution >= 4 is 20.2 Å². The SMILES string of the molecule is CCCCn1cc[n+](CCCCS(=O)(=O)OS(=O)(=O)C(F)(F)F)c1. The lowest BCUT2D eigenvalue weighted by molar-refractivity contribution is -0.696. The third-order valence-corrected chi connectivity index (χ3v) is 5.96. The first-order valence-electron chi connectivity index (χ1n) is 7.27. The van der Waals surface area contributed by atoms with Gasteiger partial charge < -0.3 is 0 Å². The Kier molecular flexibility index (Phi) is 7.23. The second-order valence-corrected chi connectivity index (χ2v) is 8.62. The predicted octanol–water partition coefficient (Wildman–Crippen LogP) is 1.55. The Morgan fingerprint density at radius 2 is 1.79 bits per heavy atom. The number of rotatable bonds is 10. The first kappa shape index (κ1) is 20.9. The zero-order chi connectivity index (χ0) is 18.4. The summed E-state index contributed by atoms with van der Waals surface area (Å²) in [6.07, 6.45) is 7.91. The number of alkyl halides is 3. The first-order chi connectivity index (χ1) is 11.0. The van der Waals surface area contributed by atoms with Crippen molar-refractivity contribution in [3.05, 3.63) is 18.7 Å². The van der Waals surface area contributed by atoms with Crippen molar-refractivity contribution in [2.45, 2.75) is 51.2 Å². The number of nitrogens with zero attached hydrogens (tertiary/aromatic N) is 2. The molecule has 1 heterocycles. The van der Waals surface area contributed by atoms with Gasteiger partial charge in [-0.1, -0.05) is 13.3 Å². The molecule has 24 heavy (non-hydrogen) atoms. The van der Waals surface area contributed by atoms with E-state index in [0.717, 1.165) is 19.4 Å². The Bertz CT molecular complexity index is 726. The number of halogens is 3. The van der Waals surface area contributed by atoms with Crippen LogP contribution in [-0.4, -0.2) is 32.7 Å². The van der Waals surface area contributed by atoms with Crippen molar-refractivity contribution in [3.63, 3.8) is 0 Å². The summed E-state index contributed by atoms with van der Waals surface area (Å²) in [7, 11) is -11.0. The van der Waals surface area contributed by atoms with E-state index in [1.54, 1.807) is 6.20 Å². The van der Waals surface area contributed by atoms with Gasteiger partial charge in [0.25, 0.3) is 10.1 Å². The molecule has 1 rings (SSSR count). The standard InChI is InChI=1S/C12H20F3N2O5S2/c1-2-3-6-16-8-9-17(11-16)7-4-5-10-23(18,19)22-24(20,21)12(13,14)15/h8-9,11H,2-7,10H2,1H3/q+1. The molecular formula is C12H20F3N2O5S2+. The monoisotopic (exact) mass is 393 g/mol. The van der Waals surface area contributed by atoms with Gasteiger partial charge in [-0.3, -0.25) is 0 Å². The van der Waals surface area contributed by atoms with E-state index in [9.17, 15) is 30.0 Å². The molecule has 0 radical (unpaired) electrons. The molecular weight excluding hydrogens is 373 g/mol. The molecule has 0 saturated carbocycles. The van der Waals surface area contributed by atoms with E-state index in [-0.39, 0.29) is 6.42 Å². The van der Waals surface area contributed by atoms with Gasteiger partial charge >= 0.3 is 15.6 Å². The summed E-state index contributed by atoms with van der Waals surface area (Å²) in [5.41, 5.74) is -5.77. The van der Waals surface area contributed by atoms with Crippen LogP contribution >= 0.6 is 0 Å². The molecule has 0 saturated heterocycles. The molecule has 0 fully saturated rings. The van der Waals surface area contributed by atoms with Crippen LogP contribution in [0, 0.1) is 0 Å². The number of aromatic nitrogens is 2. The van der Waals surface area contributed by atoms with E-state index in [0.29, 0.717) is 13.0 Å². The minimum absolute atomic E-state index is 0.0249. The minimum Gasteiger partial charge on any atom is -0.237 e. The molecule has 1 aromatic rings. The Labute approximate surface area is 139 Å². The van der Waals surface area contributed by atoms with Gasteiger partial charge in [-0.05, 0) is 19.3 Å². The fourth-order valence-corrected chi connectivity index (χ4v) is 4.06. The van der Waals surface area contributed by atoms with Crippen LogP contribution in [0.15, 0.2) is 18.7 Å². The van der Waals surface area contributed by atoms with Crippen LogP contribution in [0.5, 0.6) is 0 Å². The maximum absolute atomic E-state index is 12.1. The highest BCUT2D eigenvalue weighted by atomic mass is 32.3. The minimum atomic E-state index is -6.15. The lowest BCUT2D eigenvalue weighted by atomic mass is 10.3. The van der Waals surface area contributed by atoms with Crippen LogP contribution in [0.25, 0.3) is 0 Å². The summed E-state index contributed by atoms with van der Waals surface area (Å²) in [6.45, 7) is 3.39. The van der Waals surface area contributed by atoms with E-state index in [1.807, 2.05) is 21.7 Å². The van der Waals surface area contributed by atoms with Crippen molar-refractivity contribution in [2.75, 3.05) is 5.75 Å². The summed E-state index contributed by atoms with van der Waals surface area (Å²) in [5.74, 6) is -0.806. The fourth-order valence-electron chi connectivity index (χ4n) is 1.83. The van der Waals surface area contributed by atoms with Gasteiger partial charge in [0.2, 0.25) is 6.33 Å². The summed E-state index contributed by atoms with van der Waals surface area (Å²) in [4.78, 5) is 0. The van der Waals surface area contributed by atoms with E-state index in [1.165, 1.54) is 0 Å². The van der Waals surface area contributed by atoms with Crippen molar-refractivity contribution in [2.24, 2.45) is 0 Å². The number of imidazole rings is 1. The van der Waals surface area contributed by atoms with Gasteiger partial charge in [-0.15, -0.1) is 3.63 Å². The van der Waals surface area contributed by atoms with Crippen LogP contribution in [0.2, 0.25) is 0 Å².